The molecule has 0 radical (unpaired) electrons. The highest BCUT2D eigenvalue weighted by Crippen LogP contribution is 2.37. The maximum Gasteiger partial charge on any atom is 0.226 e. The molecule has 1 amide bonds. The van der Waals surface area contributed by atoms with E-state index in [1.165, 1.54) is 11.6 Å². The number of nitrogens with zero attached hydrogens (tertiary/aromatic N) is 2. The van der Waals surface area contributed by atoms with Crippen LogP contribution in [0.15, 0.2) is 48.5 Å². The SMILES string of the molecule is CC(C)C1c2ccc(F)cc2CCN1C(=O)C1CCN(Cc2ccccc2)CC1.Cl. The van der Waals surface area contributed by atoms with Crippen LogP contribution in [0.25, 0.3) is 0 Å². The summed E-state index contributed by atoms with van der Waals surface area (Å²) in [7, 11) is 0. The molecule has 2 aliphatic heterocycles. The standard InChI is InChI=1S/C25H31FN2O.ClH/c1-18(2)24-23-9-8-22(26)16-21(23)12-15-28(24)25(29)20-10-13-27(14-11-20)17-19-6-4-3-5-7-19;/h3-9,16,18,20,24H,10-15,17H2,1-2H3;1H. The second-order valence-corrected chi connectivity index (χ2v) is 8.85. The van der Waals surface area contributed by atoms with E-state index in [0.29, 0.717) is 12.5 Å². The fourth-order valence-corrected chi connectivity index (χ4v) is 5.01. The van der Waals surface area contributed by atoms with Crippen LogP contribution in [0.4, 0.5) is 4.39 Å². The van der Waals surface area contributed by atoms with Crippen LogP contribution in [-0.4, -0.2) is 35.3 Å². The van der Waals surface area contributed by atoms with Gasteiger partial charge in [-0.3, -0.25) is 9.69 Å². The van der Waals surface area contributed by atoms with Gasteiger partial charge in [-0.1, -0.05) is 50.2 Å². The van der Waals surface area contributed by atoms with Crippen LogP contribution in [0.2, 0.25) is 0 Å². The molecule has 2 aromatic rings. The highest BCUT2D eigenvalue weighted by atomic mass is 35.5. The molecule has 1 saturated heterocycles. The lowest BCUT2D eigenvalue weighted by atomic mass is 9.84. The van der Waals surface area contributed by atoms with Gasteiger partial charge in [-0.05, 0) is 67.1 Å². The van der Waals surface area contributed by atoms with Crippen LogP contribution >= 0.6 is 12.4 Å². The van der Waals surface area contributed by atoms with Crippen LogP contribution in [-0.2, 0) is 17.8 Å². The van der Waals surface area contributed by atoms with Crippen molar-refractivity contribution >= 4 is 18.3 Å². The Balaban J connectivity index is 0.00000256. The third-order valence-corrected chi connectivity index (χ3v) is 6.48. The maximum absolute atomic E-state index is 13.7. The average Bonchev–Trinajstić information content (AvgIpc) is 2.73. The van der Waals surface area contributed by atoms with Gasteiger partial charge in [0.15, 0.2) is 0 Å². The second-order valence-electron chi connectivity index (χ2n) is 8.85. The zero-order chi connectivity index (χ0) is 20.4. The van der Waals surface area contributed by atoms with E-state index in [-0.39, 0.29) is 36.1 Å². The van der Waals surface area contributed by atoms with E-state index < -0.39 is 0 Å². The minimum absolute atomic E-state index is 0. The first-order valence-corrected chi connectivity index (χ1v) is 10.9. The van der Waals surface area contributed by atoms with Crippen molar-refractivity contribution in [3.05, 3.63) is 71.0 Å². The lowest BCUT2D eigenvalue weighted by molar-refractivity contribution is -0.141. The number of hydrogen-bond donors (Lipinski definition) is 0. The molecule has 4 rings (SSSR count). The number of amides is 1. The van der Waals surface area contributed by atoms with E-state index in [1.54, 1.807) is 6.07 Å². The third-order valence-electron chi connectivity index (χ3n) is 6.48. The van der Waals surface area contributed by atoms with Gasteiger partial charge in [-0.2, -0.15) is 0 Å². The van der Waals surface area contributed by atoms with Crippen LogP contribution in [0.3, 0.4) is 0 Å². The third kappa shape index (κ3) is 4.87. The van der Waals surface area contributed by atoms with Crippen molar-refractivity contribution in [1.82, 2.24) is 9.80 Å². The van der Waals surface area contributed by atoms with Crippen molar-refractivity contribution < 1.29 is 9.18 Å². The topological polar surface area (TPSA) is 23.6 Å². The zero-order valence-corrected chi connectivity index (χ0v) is 18.7. The van der Waals surface area contributed by atoms with E-state index >= 15 is 0 Å². The summed E-state index contributed by atoms with van der Waals surface area (Å²) in [5.74, 6) is 0.516. The number of benzene rings is 2. The molecule has 0 aromatic heterocycles. The van der Waals surface area contributed by atoms with Gasteiger partial charge in [-0.15, -0.1) is 12.4 Å². The molecule has 30 heavy (non-hydrogen) atoms. The zero-order valence-electron chi connectivity index (χ0n) is 17.9. The lowest BCUT2D eigenvalue weighted by Crippen LogP contribution is -2.47. The van der Waals surface area contributed by atoms with Crippen LogP contribution in [0.5, 0.6) is 0 Å². The van der Waals surface area contributed by atoms with Crippen LogP contribution in [0, 0.1) is 17.7 Å². The number of rotatable bonds is 4. The molecule has 3 nitrogen and oxygen atoms in total. The van der Waals surface area contributed by atoms with Crippen molar-refractivity contribution in [2.24, 2.45) is 11.8 Å². The smallest absolute Gasteiger partial charge is 0.226 e. The van der Waals surface area contributed by atoms with Gasteiger partial charge in [0, 0.05) is 19.0 Å². The number of hydrogen-bond acceptors (Lipinski definition) is 2. The predicted octanol–water partition coefficient (Wildman–Crippen LogP) is 5.24. The Hall–Kier alpha value is -1.91. The number of carbonyl (C=O) groups is 1. The highest BCUT2D eigenvalue weighted by molar-refractivity contribution is 5.85. The van der Waals surface area contributed by atoms with Gasteiger partial charge in [0.1, 0.15) is 5.82 Å². The number of fused-ring (bicyclic) bond motifs is 1. The molecule has 162 valence electrons. The van der Waals surface area contributed by atoms with E-state index in [4.69, 9.17) is 0 Å². The van der Waals surface area contributed by atoms with Gasteiger partial charge < -0.3 is 4.90 Å². The molecule has 1 atom stereocenters. The molecule has 0 saturated carbocycles. The van der Waals surface area contributed by atoms with Gasteiger partial charge in [0.2, 0.25) is 5.91 Å². The monoisotopic (exact) mass is 430 g/mol. The number of piperidine rings is 1. The molecule has 2 aromatic carbocycles. The molecular weight excluding hydrogens is 399 g/mol. The lowest BCUT2D eigenvalue weighted by Gasteiger charge is -2.42. The summed E-state index contributed by atoms with van der Waals surface area (Å²) in [5, 5.41) is 0. The Kier molecular flexibility index (Phi) is 7.54. The molecule has 2 aliphatic rings. The molecule has 5 heteroatoms. The van der Waals surface area contributed by atoms with E-state index in [2.05, 4.69) is 47.9 Å². The first-order chi connectivity index (χ1) is 14.0. The van der Waals surface area contributed by atoms with E-state index in [1.807, 2.05) is 12.1 Å². The summed E-state index contributed by atoms with van der Waals surface area (Å²) in [6.45, 7) is 7.90. The fraction of sp³-hybridized carbons (Fsp3) is 0.480. The summed E-state index contributed by atoms with van der Waals surface area (Å²) in [5.41, 5.74) is 3.52. The Morgan fingerprint density at radius 3 is 2.43 bits per heavy atom. The van der Waals surface area contributed by atoms with E-state index in [0.717, 1.165) is 50.0 Å². The Labute approximate surface area is 185 Å². The minimum atomic E-state index is -0.183. The van der Waals surface area contributed by atoms with Gasteiger partial charge in [0.25, 0.3) is 0 Å². The Morgan fingerprint density at radius 1 is 1.07 bits per heavy atom. The maximum atomic E-state index is 13.7. The first kappa shape index (κ1) is 22.8. The normalized spacial score (nSPS) is 20.0. The molecule has 1 fully saturated rings. The molecule has 0 bridgehead atoms. The average molecular weight is 431 g/mol. The molecular formula is C25H32ClFN2O. The quantitative estimate of drug-likeness (QED) is 0.662. The number of halogens is 2. The minimum Gasteiger partial charge on any atom is -0.335 e. The fourth-order valence-electron chi connectivity index (χ4n) is 5.01. The molecule has 0 N–H and O–H groups in total. The van der Waals surface area contributed by atoms with Crippen molar-refractivity contribution in [2.75, 3.05) is 19.6 Å². The second kappa shape index (κ2) is 9.93. The summed E-state index contributed by atoms with van der Waals surface area (Å²) >= 11 is 0. The van der Waals surface area contributed by atoms with Crippen LogP contribution in [0.1, 0.15) is 49.4 Å². The Morgan fingerprint density at radius 2 is 1.77 bits per heavy atom. The molecule has 0 spiro atoms. The Bertz CT molecular complexity index is 849. The molecule has 2 heterocycles. The van der Waals surface area contributed by atoms with Gasteiger partial charge >= 0.3 is 0 Å². The summed E-state index contributed by atoms with van der Waals surface area (Å²) in [6, 6.07) is 15.7. The first-order valence-electron chi connectivity index (χ1n) is 10.9. The highest BCUT2D eigenvalue weighted by Gasteiger charge is 2.37. The summed E-state index contributed by atoms with van der Waals surface area (Å²) < 4.78 is 13.7. The molecule has 1 unspecified atom stereocenters. The predicted molar refractivity (Wildman–Crippen MR) is 121 cm³/mol. The summed E-state index contributed by atoms with van der Waals surface area (Å²) in [4.78, 5) is 18.0. The van der Waals surface area contributed by atoms with Gasteiger partial charge in [-0.25, -0.2) is 4.39 Å². The van der Waals surface area contributed by atoms with Crippen molar-refractivity contribution in [3.63, 3.8) is 0 Å². The van der Waals surface area contributed by atoms with Crippen molar-refractivity contribution in [3.8, 4) is 0 Å². The number of carbonyl (C=O) groups excluding carboxylic acids is 1. The van der Waals surface area contributed by atoms with E-state index in [9.17, 15) is 9.18 Å². The van der Waals surface area contributed by atoms with Crippen LogP contribution < -0.4 is 0 Å². The molecule has 0 aliphatic carbocycles. The number of likely N-dealkylation sites (tertiary alicyclic amines) is 1. The van der Waals surface area contributed by atoms with Gasteiger partial charge in [0.05, 0.1) is 6.04 Å². The van der Waals surface area contributed by atoms with Crippen molar-refractivity contribution in [1.29, 1.82) is 0 Å². The summed E-state index contributed by atoms with van der Waals surface area (Å²) in [6.07, 6.45) is 2.58. The largest absolute Gasteiger partial charge is 0.335 e. The van der Waals surface area contributed by atoms with Crippen molar-refractivity contribution in [2.45, 2.75) is 45.7 Å².